The normalized spacial score (nSPS) is 21.3. The number of rotatable bonds is 3. The summed E-state index contributed by atoms with van der Waals surface area (Å²) >= 11 is 6.72. The highest BCUT2D eigenvalue weighted by atomic mass is 32.2. The fraction of sp³-hybridized carbons (Fsp3) is 0.364. The third-order valence-corrected chi connectivity index (χ3v) is 3.50. The zero-order valence-electron chi connectivity index (χ0n) is 8.22. The molecule has 0 spiro atoms. The molecule has 1 aromatic rings. The molecule has 0 amide bonds. The fourth-order valence-corrected chi connectivity index (χ4v) is 2.25. The predicted molar refractivity (Wildman–Crippen MR) is 66.7 cm³/mol. The lowest BCUT2D eigenvalue weighted by atomic mass is 10.3. The van der Waals surface area contributed by atoms with Gasteiger partial charge in [0.05, 0.1) is 10.8 Å². The van der Waals surface area contributed by atoms with Crippen LogP contribution in [0.1, 0.15) is 0 Å². The quantitative estimate of drug-likeness (QED) is 0.755. The molecule has 2 rings (SSSR count). The van der Waals surface area contributed by atoms with Gasteiger partial charge in [-0.15, -0.1) is 11.8 Å². The first-order valence-corrected chi connectivity index (χ1v) is 6.19. The van der Waals surface area contributed by atoms with Gasteiger partial charge < -0.3 is 9.47 Å². The van der Waals surface area contributed by atoms with Crippen LogP contribution in [0.2, 0.25) is 0 Å². The van der Waals surface area contributed by atoms with Gasteiger partial charge in [-0.2, -0.15) is 0 Å². The van der Waals surface area contributed by atoms with Crippen molar-refractivity contribution in [3.8, 4) is 5.75 Å². The van der Waals surface area contributed by atoms with Crippen molar-refractivity contribution in [3.63, 3.8) is 0 Å². The largest absolute Gasteiger partial charge is 0.491 e. The van der Waals surface area contributed by atoms with Gasteiger partial charge in [-0.05, 0) is 12.1 Å². The topological polar surface area (TPSA) is 18.5 Å². The number of para-hydroxylation sites is 1. The molecule has 1 heterocycles. The van der Waals surface area contributed by atoms with Crippen molar-refractivity contribution in [1.82, 2.24) is 0 Å². The molecule has 4 heteroatoms. The Balaban J connectivity index is 1.77. The lowest BCUT2D eigenvalue weighted by molar-refractivity contribution is 0.0575. The van der Waals surface area contributed by atoms with E-state index in [4.69, 9.17) is 21.7 Å². The van der Waals surface area contributed by atoms with Crippen molar-refractivity contribution in [1.29, 1.82) is 0 Å². The van der Waals surface area contributed by atoms with Crippen LogP contribution in [0.25, 0.3) is 0 Å². The molecule has 1 saturated heterocycles. The Labute approximate surface area is 99.0 Å². The molecule has 1 aromatic carbocycles. The first kappa shape index (κ1) is 10.9. The van der Waals surface area contributed by atoms with Gasteiger partial charge in [0.2, 0.25) is 0 Å². The maximum Gasteiger partial charge on any atom is 0.119 e. The van der Waals surface area contributed by atoms with Gasteiger partial charge in [0.25, 0.3) is 0 Å². The Bertz CT molecular complexity index is 317. The molecular weight excluding hydrogens is 228 g/mol. The zero-order chi connectivity index (χ0) is 10.5. The van der Waals surface area contributed by atoms with E-state index in [2.05, 4.69) is 0 Å². The lowest BCUT2D eigenvalue weighted by Crippen LogP contribution is -2.30. The minimum absolute atomic E-state index is 0.155. The summed E-state index contributed by atoms with van der Waals surface area (Å²) in [5, 5.41) is 0. The van der Waals surface area contributed by atoms with Gasteiger partial charge in [0.15, 0.2) is 0 Å². The molecule has 1 aliphatic heterocycles. The molecule has 1 atom stereocenters. The second kappa shape index (κ2) is 5.49. The number of ether oxygens (including phenoxy) is 2. The summed E-state index contributed by atoms with van der Waals surface area (Å²) < 4.78 is 12.1. The van der Waals surface area contributed by atoms with Crippen LogP contribution in [0.4, 0.5) is 0 Å². The number of thiocarbonyl (C=S) groups is 1. The first-order valence-electron chi connectivity index (χ1n) is 4.79. The summed E-state index contributed by atoms with van der Waals surface area (Å²) in [5.41, 5.74) is 0. The van der Waals surface area contributed by atoms with E-state index in [0.29, 0.717) is 13.2 Å². The maximum atomic E-state index is 5.60. The Morgan fingerprint density at radius 1 is 1.40 bits per heavy atom. The van der Waals surface area contributed by atoms with Crippen molar-refractivity contribution in [2.24, 2.45) is 0 Å². The van der Waals surface area contributed by atoms with Crippen LogP contribution in [-0.4, -0.2) is 29.3 Å². The summed E-state index contributed by atoms with van der Waals surface area (Å²) in [6.07, 6.45) is 0.155. The zero-order valence-corrected chi connectivity index (χ0v) is 9.85. The van der Waals surface area contributed by atoms with Crippen LogP contribution in [0.3, 0.4) is 0 Å². The smallest absolute Gasteiger partial charge is 0.119 e. The van der Waals surface area contributed by atoms with Crippen LogP contribution in [-0.2, 0) is 4.74 Å². The summed E-state index contributed by atoms with van der Waals surface area (Å²) in [4.78, 5) is 0. The van der Waals surface area contributed by atoms with Gasteiger partial charge in [0.1, 0.15) is 18.5 Å². The van der Waals surface area contributed by atoms with Crippen molar-refractivity contribution < 1.29 is 9.47 Å². The lowest BCUT2D eigenvalue weighted by Gasteiger charge is -2.22. The van der Waals surface area contributed by atoms with E-state index in [9.17, 15) is 0 Å². The molecule has 1 fully saturated rings. The molecule has 15 heavy (non-hydrogen) atoms. The molecule has 0 bridgehead atoms. The Morgan fingerprint density at radius 2 is 2.20 bits per heavy atom. The van der Waals surface area contributed by atoms with Crippen LogP contribution >= 0.6 is 24.0 Å². The highest BCUT2D eigenvalue weighted by molar-refractivity contribution is 8.23. The van der Waals surface area contributed by atoms with Crippen molar-refractivity contribution in [2.75, 3.05) is 19.0 Å². The molecule has 0 aromatic heterocycles. The molecule has 2 nitrogen and oxygen atoms in total. The monoisotopic (exact) mass is 240 g/mol. The number of thioether (sulfide) groups is 1. The summed E-state index contributed by atoms with van der Waals surface area (Å²) in [7, 11) is 0. The number of benzene rings is 1. The molecule has 0 saturated carbocycles. The van der Waals surface area contributed by atoms with E-state index in [-0.39, 0.29) is 6.10 Å². The van der Waals surface area contributed by atoms with Crippen molar-refractivity contribution in [2.45, 2.75) is 6.10 Å². The first-order chi connectivity index (χ1) is 7.34. The van der Waals surface area contributed by atoms with E-state index in [1.807, 2.05) is 30.3 Å². The summed E-state index contributed by atoms with van der Waals surface area (Å²) in [6.45, 7) is 1.17. The van der Waals surface area contributed by atoms with Crippen molar-refractivity contribution in [3.05, 3.63) is 30.3 Å². The second-order valence-corrected chi connectivity index (χ2v) is 5.11. The minimum Gasteiger partial charge on any atom is -0.491 e. The van der Waals surface area contributed by atoms with E-state index in [1.54, 1.807) is 11.8 Å². The highest BCUT2D eigenvalue weighted by Gasteiger charge is 2.17. The van der Waals surface area contributed by atoms with E-state index >= 15 is 0 Å². The third-order valence-electron chi connectivity index (χ3n) is 2.05. The highest BCUT2D eigenvalue weighted by Crippen LogP contribution is 2.17. The molecular formula is C11H12O2S2. The predicted octanol–water partition coefficient (Wildman–Crippen LogP) is 2.52. The van der Waals surface area contributed by atoms with Crippen LogP contribution < -0.4 is 4.74 Å². The molecule has 80 valence electrons. The summed E-state index contributed by atoms with van der Waals surface area (Å²) in [5.74, 6) is 1.78. The molecule has 0 radical (unpaired) electrons. The van der Waals surface area contributed by atoms with Crippen LogP contribution in [0, 0.1) is 0 Å². The molecule has 0 aliphatic carbocycles. The van der Waals surface area contributed by atoms with E-state index in [1.165, 1.54) is 0 Å². The SMILES string of the molecule is S=C1CO[C@@H](COc2ccccc2)CS1. The average Bonchev–Trinajstić information content (AvgIpc) is 2.30. The Morgan fingerprint density at radius 3 is 2.87 bits per heavy atom. The van der Waals surface area contributed by atoms with Gasteiger partial charge in [-0.1, -0.05) is 30.4 Å². The summed E-state index contributed by atoms with van der Waals surface area (Å²) in [6, 6.07) is 9.78. The molecule has 0 unspecified atom stereocenters. The van der Waals surface area contributed by atoms with Gasteiger partial charge in [-0.25, -0.2) is 0 Å². The van der Waals surface area contributed by atoms with Crippen LogP contribution in [0.5, 0.6) is 5.75 Å². The van der Waals surface area contributed by atoms with Gasteiger partial charge in [-0.3, -0.25) is 0 Å². The third kappa shape index (κ3) is 3.48. The van der Waals surface area contributed by atoms with Crippen LogP contribution in [0.15, 0.2) is 30.3 Å². The van der Waals surface area contributed by atoms with E-state index in [0.717, 1.165) is 15.7 Å². The maximum absolute atomic E-state index is 5.60. The van der Waals surface area contributed by atoms with Gasteiger partial charge in [0, 0.05) is 5.75 Å². The van der Waals surface area contributed by atoms with Gasteiger partial charge >= 0.3 is 0 Å². The average molecular weight is 240 g/mol. The van der Waals surface area contributed by atoms with E-state index < -0.39 is 0 Å². The Hall–Kier alpha value is -0.580. The second-order valence-electron chi connectivity index (χ2n) is 3.24. The molecule has 1 aliphatic rings. The number of hydrogen-bond acceptors (Lipinski definition) is 4. The molecule has 0 N–H and O–H groups in total. The standard InChI is InChI=1S/C11H12O2S2/c14-11-7-13-10(8-15-11)6-12-9-4-2-1-3-5-9/h1-5,10H,6-8H2/t10-/m0/s1. The van der Waals surface area contributed by atoms with Crippen molar-refractivity contribution >= 4 is 28.2 Å². The number of hydrogen-bond donors (Lipinski definition) is 0. The minimum atomic E-state index is 0.155. The fourth-order valence-electron chi connectivity index (χ4n) is 1.26. The Kier molecular flexibility index (Phi) is 4.00.